The maximum atomic E-state index is 5.59. The summed E-state index contributed by atoms with van der Waals surface area (Å²) >= 11 is 2.07. The Morgan fingerprint density at radius 1 is 1.58 bits per heavy atom. The highest BCUT2D eigenvalue weighted by molar-refractivity contribution is 7.99. The molecule has 0 amide bonds. The average molecular weight is 188 g/mol. The fourth-order valence-electron chi connectivity index (χ4n) is 1.80. The molecule has 72 valence electrons. The molecule has 12 heavy (non-hydrogen) atoms. The number of nitrogens with two attached hydrogens (primary N) is 1. The molecule has 1 saturated heterocycles. The lowest BCUT2D eigenvalue weighted by atomic mass is 10.2. The van der Waals surface area contributed by atoms with Crippen molar-refractivity contribution in [2.75, 3.05) is 24.6 Å². The summed E-state index contributed by atoms with van der Waals surface area (Å²) < 4.78 is 0. The highest BCUT2D eigenvalue weighted by atomic mass is 32.2. The Kier molecular flexibility index (Phi) is 4.40. The minimum absolute atomic E-state index is 0.650. The number of hydrogen-bond acceptors (Lipinski definition) is 3. The largest absolute Gasteiger partial charge is 0.329 e. The highest BCUT2D eigenvalue weighted by Crippen LogP contribution is 2.23. The molecule has 0 saturated carbocycles. The van der Waals surface area contributed by atoms with E-state index < -0.39 is 0 Å². The zero-order valence-corrected chi connectivity index (χ0v) is 8.94. The number of rotatable bonds is 4. The van der Waals surface area contributed by atoms with E-state index in [0.717, 1.165) is 19.1 Å². The van der Waals surface area contributed by atoms with Crippen LogP contribution >= 0.6 is 11.8 Å². The summed E-state index contributed by atoms with van der Waals surface area (Å²) in [6.45, 7) is 6.37. The normalized spacial score (nSPS) is 24.2. The summed E-state index contributed by atoms with van der Waals surface area (Å²) in [4.78, 5) is 2.54. The second kappa shape index (κ2) is 5.10. The van der Waals surface area contributed by atoms with Crippen LogP contribution in [0.15, 0.2) is 0 Å². The smallest absolute Gasteiger partial charge is 0.0197 e. The number of thioether (sulfide) groups is 1. The number of hydrogen-bond donors (Lipinski definition) is 1. The Bertz CT molecular complexity index is 122. The van der Waals surface area contributed by atoms with Gasteiger partial charge in [-0.1, -0.05) is 0 Å². The molecule has 3 heteroatoms. The summed E-state index contributed by atoms with van der Waals surface area (Å²) in [5.74, 6) is 2.64. The van der Waals surface area contributed by atoms with E-state index in [1.165, 1.54) is 17.9 Å². The van der Waals surface area contributed by atoms with Gasteiger partial charge in [0, 0.05) is 30.9 Å². The predicted octanol–water partition coefficient (Wildman–Crippen LogP) is 1.16. The van der Waals surface area contributed by atoms with Crippen molar-refractivity contribution in [1.82, 2.24) is 4.90 Å². The standard InChI is InChI=1S/C9H20N2S/c1-8(2)11(5-4-10)9-3-6-12-7-9/h8-9H,3-7,10H2,1-2H3. The molecule has 1 atom stereocenters. The van der Waals surface area contributed by atoms with Crippen molar-refractivity contribution in [3.63, 3.8) is 0 Å². The molecule has 2 nitrogen and oxygen atoms in total. The van der Waals surface area contributed by atoms with Gasteiger partial charge in [0.05, 0.1) is 0 Å². The summed E-state index contributed by atoms with van der Waals surface area (Å²) in [5, 5.41) is 0. The Labute approximate surface area is 79.9 Å². The molecule has 1 fully saturated rings. The van der Waals surface area contributed by atoms with Crippen LogP contribution in [-0.4, -0.2) is 41.6 Å². The molecule has 1 aliphatic heterocycles. The summed E-state index contributed by atoms with van der Waals surface area (Å²) in [6, 6.07) is 1.44. The summed E-state index contributed by atoms with van der Waals surface area (Å²) in [7, 11) is 0. The van der Waals surface area contributed by atoms with Gasteiger partial charge in [-0.3, -0.25) is 4.90 Å². The maximum Gasteiger partial charge on any atom is 0.0197 e. The van der Waals surface area contributed by atoms with Gasteiger partial charge in [-0.2, -0.15) is 11.8 Å². The quantitative estimate of drug-likeness (QED) is 0.718. The van der Waals surface area contributed by atoms with Crippen molar-refractivity contribution >= 4 is 11.8 Å². The van der Waals surface area contributed by atoms with Crippen molar-refractivity contribution in [3.8, 4) is 0 Å². The van der Waals surface area contributed by atoms with Gasteiger partial charge in [0.2, 0.25) is 0 Å². The Hall–Kier alpha value is 0.270. The van der Waals surface area contributed by atoms with Crippen molar-refractivity contribution < 1.29 is 0 Å². The number of nitrogens with zero attached hydrogens (tertiary/aromatic N) is 1. The Balaban J connectivity index is 2.40. The van der Waals surface area contributed by atoms with Crippen LogP contribution in [-0.2, 0) is 0 Å². The molecule has 2 N–H and O–H groups in total. The monoisotopic (exact) mass is 188 g/mol. The lowest BCUT2D eigenvalue weighted by molar-refractivity contribution is 0.173. The molecule has 1 heterocycles. The molecule has 0 spiro atoms. The third-order valence-electron chi connectivity index (χ3n) is 2.43. The second-order valence-corrected chi connectivity index (χ2v) is 4.79. The lowest BCUT2D eigenvalue weighted by Crippen LogP contribution is -2.43. The van der Waals surface area contributed by atoms with Gasteiger partial charge >= 0.3 is 0 Å². The molecule has 0 aromatic rings. The zero-order valence-electron chi connectivity index (χ0n) is 8.12. The first-order chi connectivity index (χ1) is 5.75. The van der Waals surface area contributed by atoms with E-state index in [2.05, 4.69) is 30.5 Å². The van der Waals surface area contributed by atoms with Crippen molar-refractivity contribution in [1.29, 1.82) is 0 Å². The fraction of sp³-hybridized carbons (Fsp3) is 1.00. The molecule has 0 radical (unpaired) electrons. The van der Waals surface area contributed by atoms with Crippen LogP contribution < -0.4 is 5.73 Å². The SMILES string of the molecule is CC(C)N(CCN)C1CCSC1. The maximum absolute atomic E-state index is 5.59. The zero-order chi connectivity index (χ0) is 8.97. The molecule has 0 aromatic heterocycles. The van der Waals surface area contributed by atoms with Gasteiger partial charge in [0.1, 0.15) is 0 Å². The molecule has 1 rings (SSSR count). The third kappa shape index (κ3) is 2.64. The Morgan fingerprint density at radius 2 is 2.33 bits per heavy atom. The average Bonchev–Trinajstić information content (AvgIpc) is 2.51. The highest BCUT2D eigenvalue weighted by Gasteiger charge is 2.23. The third-order valence-corrected chi connectivity index (χ3v) is 3.57. The topological polar surface area (TPSA) is 29.3 Å². The van der Waals surface area contributed by atoms with Gasteiger partial charge in [-0.25, -0.2) is 0 Å². The van der Waals surface area contributed by atoms with Crippen LogP contribution in [0.5, 0.6) is 0 Å². The van der Waals surface area contributed by atoms with Crippen LogP contribution in [0.2, 0.25) is 0 Å². The van der Waals surface area contributed by atoms with Gasteiger partial charge in [0.25, 0.3) is 0 Å². The van der Waals surface area contributed by atoms with Crippen molar-refractivity contribution in [2.45, 2.75) is 32.4 Å². The minimum atomic E-state index is 0.650. The first-order valence-corrected chi connectivity index (χ1v) is 5.94. The second-order valence-electron chi connectivity index (χ2n) is 3.64. The molecule has 0 aromatic carbocycles. The molecular formula is C9H20N2S. The van der Waals surface area contributed by atoms with E-state index in [4.69, 9.17) is 5.73 Å². The lowest BCUT2D eigenvalue weighted by Gasteiger charge is -2.31. The summed E-state index contributed by atoms with van der Waals surface area (Å²) in [6.07, 6.45) is 1.35. The van der Waals surface area contributed by atoms with Crippen molar-refractivity contribution in [3.05, 3.63) is 0 Å². The molecule has 0 aliphatic carbocycles. The Morgan fingerprint density at radius 3 is 2.75 bits per heavy atom. The van der Waals surface area contributed by atoms with E-state index in [-0.39, 0.29) is 0 Å². The molecular weight excluding hydrogens is 168 g/mol. The molecule has 1 aliphatic rings. The minimum Gasteiger partial charge on any atom is -0.329 e. The van der Waals surface area contributed by atoms with Crippen LogP contribution in [0.3, 0.4) is 0 Å². The van der Waals surface area contributed by atoms with Crippen LogP contribution in [0.4, 0.5) is 0 Å². The van der Waals surface area contributed by atoms with E-state index >= 15 is 0 Å². The molecule has 0 bridgehead atoms. The van der Waals surface area contributed by atoms with Gasteiger partial charge in [-0.15, -0.1) is 0 Å². The van der Waals surface area contributed by atoms with E-state index in [9.17, 15) is 0 Å². The first-order valence-electron chi connectivity index (χ1n) is 4.79. The van der Waals surface area contributed by atoms with Gasteiger partial charge in [-0.05, 0) is 26.0 Å². The van der Waals surface area contributed by atoms with Gasteiger partial charge in [0.15, 0.2) is 0 Å². The summed E-state index contributed by atoms with van der Waals surface area (Å²) in [5.41, 5.74) is 5.59. The van der Waals surface area contributed by atoms with E-state index in [0.29, 0.717) is 6.04 Å². The predicted molar refractivity (Wildman–Crippen MR) is 56.6 cm³/mol. The van der Waals surface area contributed by atoms with Crippen molar-refractivity contribution in [2.24, 2.45) is 5.73 Å². The molecule has 1 unspecified atom stereocenters. The fourth-order valence-corrected chi connectivity index (χ4v) is 3.03. The van der Waals surface area contributed by atoms with Crippen LogP contribution in [0, 0.1) is 0 Å². The van der Waals surface area contributed by atoms with E-state index in [1.807, 2.05) is 0 Å². The first kappa shape index (κ1) is 10.4. The van der Waals surface area contributed by atoms with Gasteiger partial charge < -0.3 is 5.73 Å². The van der Waals surface area contributed by atoms with Crippen LogP contribution in [0.25, 0.3) is 0 Å². The van der Waals surface area contributed by atoms with E-state index in [1.54, 1.807) is 0 Å². The van der Waals surface area contributed by atoms with Crippen LogP contribution in [0.1, 0.15) is 20.3 Å².